The summed E-state index contributed by atoms with van der Waals surface area (Å²) in [6.45, 7) is 0. The van der Waals surface area contributed by atoms with Crippen molar-refractivity contribution in [3.05, 3.63) is 24.5 Å². The molecule has 0 fully saturated rings. The van der Waals surface area contributed by atoms with Crippen molar-refractivity contribution in [2.24, 2.45) is 0 Å². The van der Waals surface area contributed by atoms with Crippen LogP contribution in [0.1, 0.15) is 12.5 Å². The van der Waals surface area contributed by atoms with E-state index in [9.17, 15) is 9.59 Å². The number of carbonyl (C=O) groups excluding carboxylic acids is 2. The molecule has 2 heterocycles. The summed E-state index contributed by atoms with van der Waals surface area (Å²) in [5.41, 5.74) is 0.499. The Morgan fingerprint density at radius 1 is 1.30 bits per heavy atom. The van der Waals surface area contributed by atoms with Crippen molar-refractivity contribution in [3.63, 3.8) is 0 Å². The zero-order valence-corrected chi connectivity index (χ0v) is 12.6. The van der Waals surface area contributed by atoms with Crippen LogP contribution in [0, 0.1) is 0 Å². The number of hydrogen-bond acceptors (Lipinski definition) is 6. The Kier molecular flexibility index (Phi) is 3.83. The van der Waals surface area contributed by atoms with Gasteiger partial charge < -0.3 is 14.8 Å². The van der Waals surface area contributed by atoms with Crippen molar-refractivity contribution >= 4 is 23.5 Å². The molecule has 2 N–H and O–H groups in total. The highest BCUT2D eigenvalue weighted by molar-refractivity contribution is 6.00. The minimum atomic E-state index is -0.765. The first-order valence-corrected chi connectivity index (χ1v) is 6.84. The van der Waals surface area contributed by atoms with E-state index in [1.165, 1.54) is 25.2 Å². The van der Waals surface area contributed by atoms with E-state index in [-0.39, 0.29) is 24.2 Å². The fraction of sp³-hybridized carbons (Fsp3) is 0.286. The molecule has 2 amide bonds. The van der Waals surface area contributed by atoms with E-state index >= 15 is 0 Å². The molecule has 0 unspecified atom stereocenters. The van der Waals surface area contributed by atoms with Crippen LogP contribution in [-0.4, -0.2) is 40.8 Å². The van der Waals surface area contributed by atoms with Gasteiger partial charge in [0, 0.05) is 23.9 Å². The minimum Gasteiger partial charge on any atom is -0.497 e. The van der Waals surface area contributed by atoms with Crippen LogP contribution in [0.15, 0.2) is 24.5 Å². The highest BCUT2D eigenvalue weighted by atomic mass is 16.5. The van der Waals surface area contributed by atoms with E-state index < -0.39 is 6.04 Å². The Bertz CT molecular complexity index is 735. The number of benzene rings is 1. The van der Waals surface area contributed by atoms with Crippen LogP contribution < -0.4 is 20.1 Å². The SMILES string of the molecule is COc1cc(NC(=O)[C@@H]2CC(=O)Nc3ncnn32)cc(OC)c1. The van der Waals surface area contributed by atoms with Crippen LogP contribution in [0.25, 0.3) is 0 Å². The first-order valence-electron chi connectivity index (χ1n) is 6.84. The summed E-state index contributed by atoms with van der Waals surface area (Å²) in [6, 6.07) is 4.24. The number of carbonyl (C=O) groups is 2. The lowest BCUT2D eigenvalue weighted by Gasteiger charge is -2.22. The maximum atomic E-state index is 12.5. The number of fused-ring (bicyclic) bond motifs is 1. The zero-order valence-electron chi connectivity index (χ0n) is 12.6. The zero-order chi connectivity index (χ0) is 16.4. The van der Waals surface area contributed by atoms with E-state index in [1.54, 1.807) is 18.2 Å². The molecular weight excluding hydrogens is 302 g/mol. The summed E-state index contributed by atoms with van der Waals surface area (Å²) >= 11 is 0. The molecule has 23 heavy (non-hydrogen) atoms. The molecule has 3 rings (SSSR count). The van der Waals surface area contributed by atoms with Crippen molar-refractivity contribution in [1.29, 1.82) is 0 Å². The molecule has 9 nitrogen and oxygen atoms in total. The van der Waals surface area contributed by atoms with Crippen molar-refractivity contribution in [3.8, 4) is 11.5 Å². The summed E-state index contributed by atoms with van der Waals surface area (Å²) in [7, 11) is 3.04. The van der Waals surface area contributed by atoms with Gasteiger partial charge in [-0.1, -0.05) is 0 Å². The monoisotopic (exact) mass is 317 g/mol. The van der Waals surface area contributed by atoms with Gasteiger partial charge in [0.2, 0.25) is 17.8 Å². The largest absolute Gasteiger partial charge is 0.497 e. The Hall–Kier alpha value is -3.10. The van der Waals surface area contributed by atoms with Gasteiger partial charge in [-0.3, -0.25) is 14.9 Å². The van der Waals surface area contributed by atoms with Gasteiger partial charge in [0.1, 0.15) is 23.9 Å². The quantitative estimate of drug-likeness (QED) is 0.864. The second kappa shape index (κ2) is 5.95. The molecule has 1 aromatic heterocycles. The van der Waals surface area contributed by atoms with E-state index in [1.807, 2.05) is 0 Å². The number of nitrogens with one attached hydrogen (secondary N) is 2. The molecule has 1 aliphatic heterocycles. The van der Waals surface area contributed by atoms with Gasteiger partial charge in [-0.15, -0.1) is 0 Å². The fourth-order valence-corrected chi connectivity index (χ4v) is 2.31. The Morgan fingerprint density at radius 2 is 2.00 bits per heavy atom. The standard InChI is InChI=1S/C14H15N5O4/c1-22-9-3-8(4-10(5-9)23-2)17-13(21)11-6-12(20)18-14-15-7-16-19(11)14/h3-5,7,11H,6H2,1-2H3,(H,17,21)(H,15,16,18,20)/t11-/m0/s1. The summed E-state index contributed by atoms with van der Waals surface area (Å²) in [6.07, 6.45) is 1.28. The molecule has 1 atom stereocenters. The maximum Gasteiger partial charge on any atom is 0.249 e. The topological polar surface area (TPSA) is 107 Å². The highest BCUT2D eigenvalue weighted by Crippen LogP contribution is 2.28. The molecule has 0 spiro atoms. The summed E-state index contributed by atoms with van der Waals surface area (Å²) in [5.74, 6) is 0.686. The normalized spacial score (nSPS) is 16.3. The number of amides is 2. The molecule has 0 aliphatic carbocycles. The van der Waals surface area contributed by atoms with Gasteiger partial charge in [-0.25, -0.2) is 4.68 Å². The molecule has 120 valence electrons. The Balaban J connectivity index is 1.84. The van der Waals surface area contributed by atoms with Gasteiger partial charge in [-0.2, -0.15) is 10.1 Å². The lowest BCUT2D eigenvalue weighted by Crippen LogP contribution is -2.36. The van der Waals surface area contributed by atoms with Gasteiger partial charge in [0.05, 0.1) is 20.6 Å². The third-order valence-corrected chi connectivity index (χ3v) is 3.42. The molecule has 9 heteroatoms. The molecule has 1 aliphatic rings. The van der Waals surface area contributed by atoms with Crippen molar-refractivity contribution < 1.29 is 19.1 Å². The Labute approximate surface area is 131 Å². The van der Waals surface area contributed by atoms with Gasteiger partial charge in [0.15, 0.2) is 0 Å². The maximum absolute atomic E-state index is 12.5. The smallest absolute Gasteiger partial charge is 0.249 e. The van der Waals surface area contributed by atoms with Crippen LogP contribution in [-0.2, 0) is 9.59 Å². The predicted octanol–water partition coefficient (Wildman–Crippen LogP) is 0.817. The molecular formula is C14H15N5O4. The second-order valence-corrected chi connectivity index (χ2v) is 4.89. The minimum absolute atomic E-state index is 0.0106. The van der Waals surface area contributed by atoms with Crippen LogP contribution in [0.5, 0.6) is 11.5 Å². The number of rotatable bonds is 4. The highest BCUT2D eigenvalue weighted by Gasteiger charge is 2.32. The van der Waals surface area contributed by atoms with Crippen molar-refractivity contribution in [2.45, 2.75) is 12.5 Å². The molecule has 0 saturated heterocycles. The van der Waals surface area contributed by atoms with E-state index in [0.29, 0.717) is 17.2 Å². The molecule has 0 saturated carbocycles. The summed E-state index contributed by atoms with van der Waals surface area (Å²) in [4.78, 5) is 28.1. The lowest BCUT2D eigenvalue weighted by molar-refractivity contribution is -0.125. The van der Waals surface area contributed by atoms with Crippen molar-refractivity contribution in [2.75, 3.05) is 24.9 Å². The first kappa shape index (κ1) is 14.8. The summed E-state index contributed by atoms with van der Waals surface area (Å²) < 4.78 is 11.7. The number of ether oxygens (including phenoxy) is 2. The average Bonchev–Trinajstić information content (AvgIpc) is 3.01. The number of aromatic nitrogens is 3. The molecule has 0 bridgehead atoms. The number of methoxy groups -OCH3 is 2. The van der Waals surface area contributed by atoms with Gasteiger partial charge in [-0.05, 0) is 0 Å². The average molecular weight is 317 g/mol. The van der Waals surface area contributed by atoms with Gasteiger partial charge in [0.25, 0.3) is 0 Å². The van der Waals surface area contributed by atoms with E-state index in [4.69, 9.17) is 9.47 Å². The van der Waals surface area contributed by atoms with Crippen LogP contribution in [0.2, 0.25) is 0 Å². The van der Waals surface area contributed by atoms with Gasteiger partial charge >= 0.3 is 0 Å². The summed E-state index contributed by atoms with van der Waals surface area (Å²) in [5, 5.41) is 9.28. The Morgan fingerprint density at radius 3 is 2.65 bits per heavy atom. The van der Waals surface area contributed by atoms with E-state index in [0.717, 1.165) is 0 Å². The second-order valence-electron chi connectivity index (χ2n) is 4.89. The van der Waals surface area contributed by atoms with Crippen LogP contribution >= 0.6 is 0 Å². The van der Waals surface area contributed by atoms with E-state index in [2.05, 4.69) is 20.7 Å². The predicted molar refractivity (Wildman–Crippen MR) is 80.5 cm³/mol. The third kappa shape index (κ3) is 2.93. The molecule has 2 aromatic rings. The van der Waals surface area contributed by atoms with Crippen LogP contribution in [0.4, 0.5) is 11.6 Å². The lowest BCUT2D eigenvalue weighted by atomic mass is 10.1. The number of anilines is 2. The third-order valence-electron chi connectivity index (χ3n) is 3.42. The van der Waals surface area contributed by atoms with Crippen LogP contribution in [0.3, 0.4) is 0 Å². The molecule has 0 radical (unpaired) electrons. The number of nitrogens with zero attached hydrogens (tertiary/aromatic N) is 3. The first-order chi connectivity index (χ1) is 11.1. The van der Waals surface area contributed by atoms with Crippen molar-refractivity contribution in [1.82, 2.24) is 14.8 Å². The molecule has 1 aromatic carbocycles. The number of hydrogen-bond donors (Lipinski definition) is 2. The fourth-order valence-electron chi connectivity index (χ4n) is 2.31.